The van der Waals surface area contributed by atoms with Crippen LogP contribution in [0.2, 0.25) is 0 Å². The highest BCUT2D eigenvalue weighted by molar-refractivity contribution is 5.33. The minimum atomic E-state index is -1.00. The molecule has 1 aromatic rings. The van der Waals surface area contributed by atoms with E-state index in [4.69, 9.17) is 4.74 Å². The molecule has 0 spiro atoms. The highest BCUT2D eigenvalue weighted by atomic mass is 19.1. The van der Waals surface area contributed by atoms with Crippen molar-refractivity contribution in [2.24, 2.45) is 5.92 Å². The minimum Gasteiger partial charge on any atom is -0.497 e. The molecule has 1 N–H and O–H groups in total. The lowest BCUT2D eigenvalue weighted by Crippen LogP contribution is -2.29. The highest BCUT2D eigenvalue weighted by Gasteiger charge is 2.41. The Bertz CT molecular complexity index is 392. The van der Waals surface area contributed by atoms with E-state index in [1.54, 1.807) is 12.1 Å². The maximum Gasteiger partial charge on any atom is 0.132 e. The van der Waals surface area contributed by atoms with Gasteiger partial charge in [0, 0.05) is 11.6 Å². The first-order valence-corrected chi connectivity index (χ1v) is 5.64. The number of methoxy groups -OCH3 is 1. The predicted octanol–water partition coefficient (Wildman–Crippen LogP) is 2.84. The lowest BCUT2D eigenvalue weighted by atomic mass is 9.85. The molecule has 88 valence electrons. The van der Waals surface area contributed by atoms with Gasteiger partial charge in [0.25, 0.3) is 0 Å². The molecule has 0 amide bonds. The van der Waals surface area contributed by atoms with Crippen LogP contribution in [0.1, 0.15) is 31.7 Å². The molecular weight excluding hydrogens is 207 g/mol. The van der Waals surface area contributed by atoms with Crippen molar-refractivity contribution < 1.29 is 14.2 Å². The molecule has 2 unspecified atom stereocenters. The Morgan fingerprint density at radius 2 is 2.25 bits per heavy atom. The quantitative estimate of drug-likeness (QED) is 0.837. The summed E-state index contributed by atoms with van der Waals surface area (Å²) in [7, 11) is 1.50. The number of hydrogen-bond donors (Lipinski definition) is 1. The fraction of sp³-hybridized carbons (Fsp3) is 0.538. The number of rotatable bonds is 2. The first kappa shape index (κ1) is 11.4. The van der Waals surface area contributed by atoms with Gasteiger partial charge in [0.2, 0.25) is 0 Å². The lowest BCUT2D eigenvalue weighted by Gasteiger charge is -2.28. The number of ether oxygens (including phenoxy) is 1. The highest BCUT2D eigenvalue weighted by Crippen LogP contribution is 2.44. The van der Waals surface area contributed by atoms with Crippen LogP contribution in [0.25, 0.3) is 0 Å². The van der Waals surface area contributed by atoms with Crippen molar-refractivity contribution in [3.63, 3.8) is 0 Å². The molecule has 0 heterocycles. The molecule has 0 bridgehead atoms. The summed E-state index contributed by atoms with van der Waals surface area (Å²) in [6.45, 7) is 1.97. The molecule has 2 rings (SSSR count). The van der Waals surface area contributed by atoms with Gasteiger partial charge >= 0.3 is 0 Å². The summed E-state index contributed by atoms with van der Waals surface area (Å²) in [5.41, 5.74) is -0.602. The lowest BCUT2D eigenvalue weighted by molar-refractivity contribution is 0.00116. The van der Waals surface area contributed by atoms with Gasteiger partial charge in [-0.15, -0.1) is 0 Å². The van der Waals surface area contributed by atoms with Gasteiger partial charge in [-0.3, -0.25) is 0 Å². The Morgan fingerprint density at radius 3 is 2.75 bits per heavy atom. The fourth-order valence-electron chi connectivity index (χ4n) is 2.54. The third-order valence-corrected chi connectivity index (χ3v) is 3.65. The zero-order valence-electron chi connectivity index (χ0n) is 9.66. The van der Waals surface area contributed by atoms with Gasteiger partial charge in [-0.1, -0.05) is 6.92 Å². The van der Waals surface area contributed by atoms with Gasteiger partial charge in [-0.2, -0.15) is 0 Å². The molecule has 0 radical (unpaired) electrons. The van der Waals surface area contributed by atoms with Gasteiger partial charge < -0.3 is 9.84 Å². The molecule has 0 aliphatic heterocycles. The van der Waals surface area contributed by atoms with E-state index in [0.29, 0.717) is 17.7 Å². The van der Waals surface area contributed by atoms with Gasteiger partial charge in [0.15, 0.2) is 0 Å². The van der Waals surface area contributed by atoms with Crippen molar-refractivity contribution in [2.45, 2.75) is 31.8 Å². The summed E-state index contributed by atoms with van der Waals surface area (Å²) in [6.07, 6.45) is 2.53. The molecule has 1 aliphatic rings. The van der Waals surface area contributed by atoms with Crippen LogP contribution in [0.3, 0.4) is 0 Å². The summed E-state index contributed by atoms with van der Waals surface area (Å²) in [4.78, 5) is 0. The zero-order valence-corrected chi connectivity index (χ0v) is 9.66. The first-order valence-electron chi connectivity index (χ1n) is 5.64. The monoisotopic (exact) mass is 224 g/mol. The van der Waals surface area contributed by atoms with Crippen LogP contribution in [0.15, 0.2) is 18.2 Å². The SMILES string of the molecule is COc1ccc(C2(O)CCCC2C)c(F)c1. The molecule has 3 heteroatoms. The number of benzene rings is 1. The summed E-state index contributed by atoms with van der Waals surface area (Å²) < 4.78 is 18.8. The van der Waals surface area contributed by atoms with Gasteiger partial charge in [0.1, 0.15) is 11.6 Å². The number of aliphatic hydroxyl groups is 1. The van der Waals surface area contributed by atoms with Gasteiger partial charge in [0.05, 0.1) is 12.7 Å². The molecule has 0 saturated heterocycles. The smallest absolute Gasteiger partial charge is 0.132 e. The van der Waals surface area contributed by atoms with Crippen molar-refractivity contribution in [1.82, 2.24) is 0 Å². The van der Waals surface area contributed by atoms with Crippen LogP contribution in [-0.2, 0) is 5.60 Å². The maximum atomic E-state index is 13.9. The predicted molar refractivity (Wildman–Crippen MR) is 59.9 cm³/mol. The zero-order chi connectivity index (χ0) is 11.8. The molecule has 1 fully saturated rings. The Morgan fingerprint density at radius 1 is 1.50 bits per heavy atom. The van der Waals surface area contributed by atoms with E-state index in [9.17, 15) is 9.50 Å². The maximum absolute atomic E-state index is 13.9. The van der Waals surface area contributed by atoms with Crippen LogP contribution < -0.4 is 4.74 Å². The van der Waals surface area contributed by atoms with Crippen LogP contribution in [-0.4, -0.2) is 12.2 Å². The number of halogens is 1. The Kier molecular flexibility index (Phi) is 2.89. The van der Waals surface area contributed by atoms with Crippen molar-refractivity contribution >= 4 is 0 Å². The molecule has 1 aliphatic carbocycles. The molecular formula is C13H17FO2. The molecule has 16 heavy (non-hydrogen) atoms. The summed E-state index contributed by atoms with van der Waals surface area (Å²) in [6, 6.07) is 4.66. The van der Waals surface area contributed by atoms with Gasteiger partial charge in [-0.05, 0) is 37.3 Å². The van der Waals surface area contributed by atoms with Gasteiger partial charge in [-0.25, -0.2) is 4.39 Å². The van der Waals surface area contributed by atoms with E-state index in [0.717, 1.165) is 12.8 Å². The fourth-order valence-corrected chi connectivity index (χ4v) is 2.54. The summed E-state index contributed by atoms with van der Waals surface area (Å²) in [5, 5.41) is 10.5. The average molecular weight is 224 g/mol. The van der Waals surface area contributed by atoms with E-state index in [-0.39, 0.29) is 11.7 Å². The van der Waals surface area contributed by atoms with E-state index in [1.807, 2.05) is 6.92 Å². The second-order valence-electron chi connectivity index (χ2n) is 4.56. The molecule has 1 aromatic carbocycles. The largest absolute Gasteiger partial charge is 0.497 e. The topological polar surface area (TPSA) is 29.5 Å². The number of hydrogen-bond acceptors (Lipinski definition) is 2. The standard InChI is InChI=1S/C13H17FO2/c1-9-4-3-7-13(9,15)11-6-5-10(16-2)8-12(11)14/h5-6,8-9,15H,3-4,7H2,1-2H3. The van der Waals surface area contributed by atoms with Crippen LogP contribution in [0.4, 0.5) is 4.39 Å². The normalized spacial score (nSPS) is 29.4. The van der Waals surface area contributed by atoms with Crippen molar-refractivity contribution in [3.8, 4) is 5.75 Å². The molecule has 2 atom stereocenters. The van der Waals surface area contributed by atoms with Crippen LogP contribution in [0.5, 0.6) is 5.75 Å². The average Bonchev–Trinajstić information content (AvgIpc) is 2.60. The molecule has 1 saturated carbocycles. The van der Waals surface area contributed by atoms with Crippen LogP contribution >= 0.6 is 0 Å². The van der Waals surface area contributed by atoms with E-state index < -0.39 is 5.60 Å². The first-order chi connectivity index (χ1) is 7.58. The van der Waals surface area contributed by atoms with E-state index >= 15 is 0 Å². The summed E-state index contributed by atoms with van der Waals surface area (Å²) >= 11 is 0. The van der Waals surface area contributed by atoms with Crippen molar-refractivity contribution in [3.05, 3.63) is 29.6 Å². The van der Waals surface area contributed by atoms with Crippen molar-refractivity contribution in [2.75, 3.05) is 7.11 Å². The van der Waals surface area contributed by atoms with Crippen LogP contribution in [0, 0.1) is 11.7 Å². The Hall–Kier alpha value is -1.09. The molecule has 2 nitrogen and oxygen atoms in total. The Labute approximate surface area is 95.1 Å². The molecule has 0 aromatic heterocycles. The van der Waals surface area contributed by atoms with Crippen molar-refractivity contribution in [1.29, 1.82) is 0 Å². The second kappa shape index (κ2) is 4.06. The van der Waals surface area contributed by atoms with E-state index in [1.165, 1.54) is 13.2 Å². The third kappa shape index (κ3) is 1.69. The van der Waals surface area contributed by atoms with E-state index in [2.05, 4.69) is 0 Å². The second-order valence-corrected chi connectivity index (χ2v) is 4.56. The third-order valence-electron chi connectivity index (χ3n) is 3.65. The Balaban J connectivity index is 2.40. The minimum absolute atomic E-state index is 0.107. The summed E-state index contributed by atoms with van der Waals surface area (Å²) in [5.74, 6) is 0.210.